The Morgan fingerprint density at radius 3 is 2.78 bits per heavy atom. The van der Waals surface area contributed by atoms with Gasteiger partial charge >= 0.3 is 0 Å². The molecule has 0 radical (unpaired) electrons. The van der Waals surface area contributed by atoms with Crippen LogP contribution in [0.25, 0.3) is 0 Å². The SMILES string of the molecule is CCCc1noc(COc2ccc(C#N)cc2)n1. The molecule has 1 aromatic heterocycles. The van der Waals surface area contributed by atoms with E-state index in [0.29, 0.717) is 23.0 Å². The summed E-state index contributed by atoms with van der Waals surface area (Å²) in [5.41, 5.74) is 0.602. The van der Waals surface area contributed by atoms with Crippen LogP contribution in [0.4, 0.5) is 0 Å². The Hall–Kier alpha value is -2.35. The normalized spacial score (nSPS) is 10.0. The smallest absolute Gasteiger partial charge is 0.264 e. The zero-order valence-corrected chi connectivity index (χ0v) is 10.1. The highest BCUT2D eigenvalue weighted by Gasteiger charge is 2.06. The van der Waals surface area contributed by atoms with Gasteiger partial charge in [0.25, 0.3) is 5.89 Å². The maximum atomic E-state index is 8.67. The first-order valence-electron chi connectivity index (χ1n) is 5.76. The Kier molecular flexibility index (Phi) is 3.92. The largest absolute Gasteiger partial charge is 0.484 e. The zero-order chi connectivity index (χ0) is 12.8. The lowest BCUT2D eigenvalue weighted by Gasteiger charge is -2.01. The molecule has 0 atom stereocenters. The molecule has 1 heterocycles. The lowest BCUT2D eigenvalue weighted by Crippen LogP contribution is -1.96. The van der Waals surface area contributed by atoms with Gasteiger partial charge in [-0.1, -0.05) is 12.1 Å². The van der Waals surface area contributed by atoms with Gasteiger partial charge in [-0.25, -0.2) is 0 Å². The van der Waals surface area contributed by atoms with Crippen molar-refractivity contribution in [3.63, 3.8) is 0 Å². The van der Waals surface area contributed by atoms with Crippen molar-refractivity contribution in [2.24, 2.45) is 0 Å². The predicted molar refractivity (Wildman–Crippen MR) is 63.8 cm³/mol. The van der Waals surface area contributed by atoms with Gasteiger partial charge in [0, 0.05) is 6.42 Å². The van der Waals surface area contributed by atoms with Crippen LogP contribution in [-0.4, -0.2) is 10.1 Å². The molecule has 2 aromatic rings. The van der Waals surface area contributed by atoms with Crippen molar-refractivity contribution in [1.29, 1.82) is 5.26 Å². The van der Waals surface area contributed by atoms with Gasteiger partial charge in [0.1, 0.15) is 5.75 Å². The first-order chi connectivity index (χ1) is 8.81. The Labute approximate surface area is 105 Å². The van der Waals surface area contributed by atoms with Gasteiger partial charge in [-0.15, -0.1) is 0 Å². The van der Waals surface area contributed by atoms with Gasteiger partial charge in [0.05, 0.1) is 11.6 Å². The van der Waals surface area contributed by atoms with Gasteiger partial charge < -0.3 is 9.26 Å². The number of hydrogen-bond acceptors (Lipinski definition) is 5. The minimum Gasteiger partial charge on any atom is -0.484 e. The molecule has 18 heavy (non-hydrogen) atoms. The molecule has 1 aromatic carbocycles. The number of benzene rings is 1. The lowest BCUT2D eigenvalue weighted by molar-refractivity contribution is 0.242. The van der Waals surface area contributed by atoms with Crippen LogP contribution in [-0.2, 0) is 13.0 Å². The van der Waals surface area contributed by atoms with E-state index in [2.05, 4.69) is 17.1 Å². The van der Waals surface area contributed by atoms with Gasteiger partial charge in [0.15, 0.2) is 12.4 Å². The Balaban J connectivity index is 1.91. The van der Waals surface area contributed by atoms with Crippen LogP contribution in [0, 0.1) is 11.3 Å². The summed E-state index contributed by atoms with van der Waals surface area (Å²) >= 11 is 0. The number of aromatic nitrogens is 2. The van der Waals surface area contributed by atoms with Crippen LogP contribution in [0.15, 0.2) is 28.8 Å². The van der Waals surface area contributed by atoms with Gasteiger partial charge in [0.2, 0.25) is 0 Å². The van der Waals surface area contributed by atoms with E-state index < -0.39 is 0 Å². The molecule has 0 aliphatic carbocycles. The molecular formula is C13H13N3O2. The second-order valence-electron chi connectivity index (χ2n) is 3.78. The van der Waals surface area contributed by atoms with E-state index in [-0.39, 0.29) is 6.61 Å². The molecule has 0 spiro atoms. The second-order valence-corrected chi connectivity index (χ2v) is 3.78. The highest BCUT2D eigenvalue weighted by atomic mass is 16.5. The molecule has 0 amide bonds. The Morgan fingerprint density at radius 1 is 1.33 bits per heavy atom. The molecule has 92 valence electrons. The summed E-state index contributed by atoms with van der Waals surface area (Å²) < 4.78 is 10.5. The lowest BCUT2D eigenvalue weighted by atomic mass is 10.2. The average Bonchev–Trinajstić information content (AvgIpc) is 2.85. The van der Waals surface area contributed by atoms with Crippen molar-refractivity contribution in [2.45, 2.75) is 26.4 Å². The van der Waals surface area contributed by atoms with Gasteiger partial charge in [-0.3, -0.25) is 0 Å². The minimum absolute atomic E-state index is 0.239. The number of ether oxygens (including phenoxy) is 1. The van der Waals surface area contributed by atoms with Crippen molar-refractivity contribution >= 4 is 0 Å². The summed E-state index contributed by atoms with van der Waals surface area (Å²) in [6.45, 7) is 2.30. The van der Waals surface area contributed by atoms with Crippen LogP contribution in [0.5, 0.6) is 5.75 Å². The van der Waals surface area contributed by atoms with E-state index in [9.17, 15) is 0 Å². The molecule has 0 N–H and O–H groups in total. The number of nitrogens with zero attached hydrogens (tertiary/aromatic N) is 3. The van der Waals surface area contributed by atoms with E-state index >= 15 is 0 Å². The third-order valence-corrected chi connectivity index (χ3v) is 2.33. The van der Waals surface area contributed by atoms with E-state index in [1.54, 1.807) is 24.3 Å². The summed E-state index contributed by atoms with van der Waals surface area (Å²) in [5.74, 6) is 1.84. The molecule has 5 nitrogen and oxygen atoms in total. The number of aryl methyl sites for hydroxylation is 1. The summed E-state index contributed by atoms with van der Waals surface area (Å²) in [4.78, 5) is 4.19. The fraction of sp³-hybridized carbons (Fsp3) is 0.308. The van der Waals surface area contributed by atoms with Crippen LogP contribution in [0.3, 0.4) is 0 Å². The third kappa shape index (κ3) is 3.08. The molecule has 5 heteroatoms. The summed E-state index contributed by atoms with van der Waals surface area (Å²) in [7, 11) is 0. The fourth-order valence-electron chi connectivity index (χ4n) is 1.44. The number of nitriles is 1. The zero-order valence-electron chi connectivity index (χ0n) is 10.1. The topological polar surface area (TPSA) is 71.9 Å². The van der Waals surface area contributed by atoms with Gasteiger partial charge in [-0.2, -0.15) is 10.2 Å². The molecule has 0 fully saturated rings. The third-order valence-electron chi connectivity index (χ3n) is 2.33. The summed E-state index contributed by atoms with van der Waals surface area (Å²) in [5, 5.41) is 12.5. The first kappa shape index (κ1) is 12.1. The standard InChI is InChI=1S/C13H13N3O2/c1-2-3-12-15-13(18-16-12)9-17-11-6-4-10(8-14)5-7-11/h4-7H,2-3,9H2,1H3. The quantitative estimate of drug-likeness (QED) is 0.806. The molecule has 0 saturated carbocycles. The summed E-state index contributed by atoms with van der Waals surface area (Å²) in [6.07, 6.45) is 1.79. The average molecular weight is 243 g/mol. The fourth-order valence-corrected chi connectivity index (χ4v) is 1.44. The highest BCUT2D eigenvalue weighted by Crippen LogP contribution is 2.13. The van der Waals surface area contributed by atoms with Crippen molar-refractivity contribution in [1.82, 2.24) is 10.1 Å². The van der Waals surface area contributed by atoms with E-state index in [4.69, 9.17) is 14.5 Å². The van der Waals surface area contributed by atoms with Crippen molar-refractivity contribution < 1.29 is 9.26 Å². The molecule has 0 aliphatic heterocycles. The Morgan fingerprint density at radius 2 is 2.11 bits per heavy atom. The highest BCUT2D eigenvalue weighted by molar-refractivity contribution is 5.34. The molecule has 2 rings (SSSR count). The van der Waals surface area contributed by atoms with Gasteiger partial charge in [-0.05, 0) is 30.7 Å². The monoisotopic (exact) mass is 243 g/mol. The first-order valence-corrected chi connectivity index (χ1v) is 5.76. The molecule has 0 aliphatic rings. The van der Waals surface area contributed by atoms with Crippen molar-refractivity contribution in [2.75, 3.05) is 0 Å². The van der Waals surface area contributed by atoms with Crippen LogP contribution < -0.4 is 4.74 Å². The maximum Gasteiger partial charge on any atom is 0.264 e. The van der Waals surface area contributed by atoms with E-state index in [1.165, 1.54) is 0 Å². The molecule has 0 bridgehead atoms. The Bertz CT molecular complexity index is 540. The number of rotatable bonds is 5. The maximum absolute atomic E-state index is 8.67. The second kappa shape index (κ2) is 5.82. The molecule has 0 unspecified atom stereocenters. The van der Waals surface area contributed by atoms with Crippen molar-refractivity contribution in [3.8, 4) is 11.8 Å². The number of hydrogen-bond donors (Lipinski definition) is 0. The van der Waals surface area contributed by atoms with E-state index in [1.807, 2.05) is 6.07 Å². The van der Waals surface area contributed by atoms with Crippen LogP contribution >= 0.6 is 0 Å². The van der Waals surface area contributed by atoms with Crippen LogP contribution in [0.2, 0.25) is 0 Å². The minimum atomic E-state index is 0.239. The van der Waals surface area contributed by atoms with Crippen LogP contribution in [0.1, 0.15) is 30.6 Å². The predicted octanol–water partition coefficient (Wildman–Crippen LogP) is 2.47. The molecule has 0 saturated heterocycles. The summed E-state index contributed by atoms with van der Waals surface area (Å²) in [6, 6.07) is 8.92. The molecular weight excluding hydrogens is 230 g/mol. The van der Waals surface area contributed by atoms with Crippen molar-refractivity contribution in [3.05, 3.63) is 41.5 Å². The van der Waals surface area contributed by atoms with E-state index in [0.717, 1.165) is 12.8 Å².